The van der Waals surface area contributed by atoms with Crippen molar-refractivity contribution < 1.29 is 27.9 Å². The molecule has 0 aromatic rings. The average molecular weight is 280 g/mol. The summed E-state index contributed by atoms with van der Waals surface area (Å²) in [7, 11) is 0. The van der Waals surface area contributed by atoms with Crippen molar-refractivity contribution >= 4 is 12.0 Å². The topological polar surface area (TPSA) is 69.6 Å². The first-order chi connectivity index (χ1) is 8.74. The molecule has 2 N–H and O–H groups in total. The van der Waals surface area contributed by atoms with Crippen molar-refractivity contribution in [3.8, 4) is 0 Å². The van der Waals surface area contributed by atoms with Crippen LogP contribution in [0.25, 0.3) is 0 Å². The molecular formula is C11H15F3N2O3. The number of nitrogens with zero attached hydrogens (tertiary/aromatic N) is 1. The molecule has 19 heavy (non-hydrogen) atoms. The number of hydrogen-bond donors (Lipinski definition) is 2. The van der Waals surface area contributed by atoms with Gasteiger partial charge in [-0.3, -0.25) is 0 Å². The van der Waals surface area contributed by atoms with E-state index in [-0.39, 0.29) is 6.42 Å². The standard InChI is InChI=1S/C11H15F3N2O3/c1-2-3-8(9(17)18)15-10(19)16(7-4-5-7)6-11(12,13)14/h2,7-8H,1,3-6H2,(H,15,19)(H,17,18). The monoisotopic (exact) mass is 280 g/mol. The second-order valence-corrected chi connectivity index (χ2v) is 4.34. The SMILES string of the molecule is C=CCC(NC(=O)N(CC(F)(F)F)C1CC1)C(=O)O. The molecule has 1 unspecified atom stereocenters. The Labute approximate surface area is 108 Å². The molecule has 108 valence electrons. The molecule has 0 bridgehead atoms. The fraction of sp³-hybridized carbons (Fsp3) is 0.636. The van der Waals surface area contributed by atoms with Crippen LogP contribution in [0.5, 0.6) is 0 Å². The van der Waals surface area contributed by atoms with Crippen LogP contribution in [0.15, 0.2) is 12.7 Å². The normalized spacial score (nSPS) is 16.6. The predicted molar refractivity (Wildman–Crippen MR) is 60.6 cm³/mol. The number of alkyl halides is 3. The third-order valence-electron chi connectivity index (χ3n) is 2.60. The number of nitrogens with one attached hydrogen (secondary N) is 1. The van der Waals surface area contributed by atoms with Gasteiger partial charge in [0.25, 0.3) is 0 Å². The second kappa shape index (κ2) is 5.94. The van der Waals surface area contributed by atoms with Crippen LogP contribution in [0, 0.1) is 0 Å². The van der Waals surface area contributed by atoms with E-state index in [2.05, 4.69) is 11.9 Å². The first kappa shape index (κ1) is 15.3. The van der Waals surface area contributed by atoms with Crippen LogP contribution in [0.4, 0.5) is 18.0 Å². The van der Waals surface area contributed by atoms with Gasteiger partial charge in [-0.25, -0.2) is 9.59 Å². The quantitative estimate of drug-likeness (QED) is 0.728. The molecule has 1 rings (SSSR count). The summed E-state index contributed by atoms with van der Waals surface area (Å²) in [5, 5.41) is 10.9. The fourth-order valence-electron chi connectivity index (χ4n) is 1.57. The van der Waals surface area contributed by atoms with Gasteiger partial charge in [0, 0.05) is 6.04 Å². The number of carboxylic acids is 1. The van der Waals surface area contributed by atoms with E-state index in [1.54, 1.807) is 0 Å². The maximum atomic E-state index is 12.3. The van der Waals surface area contributed by atoms with Crippen molar-refractivity contribution in [1.29, 1.82) is 0 Å². The highest BCUT2D eigenvalue weighted by molar-refractivity contribution is 5.83. The molecule has 2 amide bonds. The second-order valence-electron chi connectivity index (χ2n) is 4.34. The number of amides is 2. The number of rotatable bonds is 6. The summed E-state index contributed by atoms with van der Waals surface area (Å²) in [6, 6.07) is -2.73. The molecule has 1 atom stereocenters. The predicted octanol–water partition coefficient (Wildman–Crippen LogP) is 1.75. The van der Waals surface area contributed by atoms with E-state index in [9.17, 15) is 22.8 Å². The lowest BCUT2D eigenvalue weighted by atomic mass is 10.2. The summed E-state index contributed by atoms with van der Waals surface area (Å²) < 4.78 is 37.0. The summed E-state index contributed by atoms with van der Waals surface area (Å²) in [5.41, 5.74) is 0. The number of carbonyl (C=O) groups excluding carboxylic acids is 1. The molecule has 0 saturated heterocycles. The zero-order valence-electron chi connectivity index (χ0n) is 10.1. The largest absolute Gasteiger partial charge is 0.480 e. The summed E-state index contributed by atoms with van der Waals surface area (Å²) in [6.07, 6.45) is -2.27. The Balaban J connectivity index is 2.66. The number of carboxylic acid groups (broad SMARTS) is 1. The molecule has 0 aliphatic heterocycles. The molecule has 0 spiro atoms. The van der Waals surface area contributed by atoms with E-state index in [0.717, 1.165) is 0 Å². The highest BCUT2D eigenvalue weighted by Crippen LogP contribution is 2.30. The van der Waals surface area contributed by atoms with Gasteiger partial charge in [0.15, 0.2) is 0 Å². The van der Waals surface area contributed by atoms with Gasteiger partial charge in [-0.15, -0.1) is 6.58 Å². The smallest absolute Gasteiger partial charge is 0.406 e. The van der Waals surface area contributed by atoms with Crippen LogP contribution in [-0.2, 0) is 4.79 Å². The van der Waals surface area contributed by atoms with Crippen LogP contribution in [0.3, 0.4) is 0 Å². The van der Waals surface area contributed by atoms with Crippen molar-refractivity contribution in [3.05, 3.63) is 12.7 Å². The fourth-order valence-corrected chi connectivity index (χ4v) is 1.57. The zero-order valence-corrected chi connectivity index (χ0v) is 10.1. The number of halogens is 3. The maximum Gasteiger partial charge on any atom is 0.406 e. The molecule has 0 radical (unpaired) electrons. The lowest BCUT2D eigenvalue weighted by Gasteiger charge is -2.25. The lowest BCUT2D eigenvalue weighted by molar-refractivity contribution is -0.141. The Morgan fingerprint density at radius 2 is 2.05 bits per heavy atom. The lowest BCUT2D eigenvalue weighted by Crippen LogP contribution is -2.51. The van der Waals surface area contributed by atoms with Crippen molar-refractivity contribution in [2.24, 2.45) is 0 Å². The Hall–Kier alpha value is -1.73. The summed E-state index contributed by atoms with van der Waals surface area (Å²) >= 11 is 0. The van der Waals surface area contributed by atoms with E-state index in [1.807, 2.05) is 0 Å². The van der Waals surface area contributed by atoms with E-state index in [1.165, 1.54) is 6.08 Å². The molecule has 0 aromatic heterocycles. The summed E-state index contributed by atoms with van der Waals surface area (Å²) in [6.45, 7) is 1.96. The number of urea groups is 1. The van der Waals surface area contributed by atoms with Gasteiger partial charge in [0.2, 0.25) is 0 Å². The van der Waals surface area contributed by atoms with Gasteiger partial charge < -0.3 is 15.3 Å². The highest BCUT2D eigenvalue weighted by Gasteiger charge is 2.41. The average Bonchev–Trinajstić information content (AvgIpc) is 3.07. The first-order valence-electron chi connectivity index (χ1n) is 5.72. The number of aliphatic carboxylic acids is 1. The van der Waals surface area contributed by atoms with Crippen LogP contribution < -0.4 is 5.32 Å². The third-order valence-corrected chi connectivity index (χ3v) is 2.60. The molecule has 1 aliphatic rings. The third kappa shape index (κ3) is 5.19. The molecule has 1 saturated carbocycles. The van der Waals surface area contributed by atoms with Crippen molar-refractivity contribution in [1.82, 2.24) is 10.2 Å². The molecule has 1 aliphatic carbocycles. The molecule has 8 heteroatoms. The van der Waals surface area contributed by atoms with Gasteiger partial charge in [0.1, 0.15) is 12.6 Å². The van der Waals surface area contributed by atoms with Crippen molar-refractivity contribution in [2.75, 3.05) is 6.54 Å². The van der Waals surface area contributed by atoms with Crippen molar-refractivity contribution in [3.63, 3.8) is 0 Å². The van der Waals surface area contributed by atoms with E-state index >= 15 is 0 Å². The Kier molecular flexibility index (Phi) is 4.79. The zero-order chi connectivity index (χ0) is 14.6. The Bertz CT molecular complexity index is 367. The minimum atomic E-state index is -4.50. The molecule has 0 heterocycles. The minimum absolute atomic E-state index is 0.0500. The van der Waals surface area contributed by atoms with Crippen LogP contribution in [-0.4, -0.2) is 46.8 Å². The first-order valence-corrected chi connectivity index (χ1v) is 5.72. The van der Waals surface area contributed by atoms with E-state index < -0.39 is 36.8 Å². The van der Waals surface area contributed by atoms with Gasteiger partial charge in [0.05, 0.1) is 0 Å². The van der Waals surface area contributed by atoms with Gasteiger partial charge in [-0.05, 0) is 19.3 Å². The molecular weight excluding hydrogens is 265 g/mol. The molecule has 1 fully saturated rings. The van der Waals surface area contributed by atoms with E-state index in [0.29, 0.717) is 17.7 Å². The molecule has 0 aromatic carbocycles. The van der Waals surface area contributed by atoms with Crippen LogP contribution in [0.2, 0.25) is 0 Å². The van der Waals surface area contributed by atoms with E-state index in [4.69, 9.17) is 5.11 Å². The van der Waals surface area contributed by atoms with Crippen molar-refractivity contribution in [2.45, 2.75) is 37.5 Å². The van der Waals surface area contributed by atoms with Gasteiger partial charge in [-0.1, -0.05) is 6.08 Å². The minimum Gasteiger partial charge on any atom is -0.480 e. The Morgan fingerprint density at radius 3 is 2.42 bits per heavy atom. The van der Waals surface area contributed by atoms with Gasteiger partial charge >= 0.3 is 18.2 Å². The van der Waals surface area contributed by atoms with Crippen LogP contribution >= 0.6 is 0 Å². The number of carbonyl (C=O) groups is 2. The summed E-state index contributed by atoms with van der Waals surface area (Å²) in [4.78, 5) is 23.2. The maximum absolute atomic E-state index is 12.3. The Morgan fingerprint density at radius 1 is 1.47 bits per heavy atom. The molecule has 5 nitrogen and oxygen atoms in total. The highest BCUT2D eigenvalue weighted by atomic mass is 19.4. The van der Waals surface area contributed by atoms with Crippen LogP contribution in [0.1, 0.15) is 19.3 Å². The number of hydrogen-bond acceptors (Lipinski definition) is 2. The summed E-state index contributed by atoms with van der Waals surface area (Å²) in [5.74, 6) is -1.31. The van der Waals surface area contributed by atoms with Gasteiger partial charge in [-0.2, -0.15) is 13.2 Å².